The van der Waals surface area contributed by atoms with Crippen LogP contribution in [0.25, 0.3) is 0 Å². The number of amides is 1. The second-order valence-corrected chi connectivity index (χ2v) is 5.69. The molecule has 0 unspecified atom stereocenters. The third-order valence-corrected chi connectivity index (χ3v) is 2.35. The number of hydrogen-bond acceptors (Lipinski definition) is 2. The van der Waals surface area contributed by atoms with Crippen molar-refractivity contribution in [2.24, 2.45) is 11.3 Å². The number of rotatable bonds is 5. The maximum Gasteiger partial charge on any atom is 0.326 e. The maximum absolute atomic E-state index is 11.5. The Morgan fingerprint density at radius 2 is 1.75 bits per heavy atom. The van der Waals surface area contributed by atoms with Crippen molar-refractivity contribution >= 4 is 11.9 Å². The summed E-state index contributed by atoms with van der Waals surface area (Å²) in [4.78, 5) is 22.4. The van der Waals surface area contributed by atoms with Gasteiger partial charge in [-0.25, -0.2) is 4.79 Å². The molecule has 16 heavy (non-hydrogen) atoms. The van der Waals surface area contributed by atoms with E-state index in [4.69, 9.17) is 5.11 Å². The highest BCUT2D eigenvalue weighted by molar-refractivity contribution is 5.83. The lowest BCUT2D eigenvalue weighted by atomic mass is 9.90. The summed E-state index contributed by atoms with van der Waals surface area (Å²) in [5.41, 5.74) is 0.0912. The number of carbonyl (C=O) groups excluding carboxylic acids is 1. The van der Waals surface area contributed by atoms with Crippen molar-refractivity contribution in [1.29, 1.82) is 0 Å². The van der Waals surface area contributed by atoms with Gasteiger partial charge in [0, 0.05) is 6.42 Å². The quantitative estimate of drug-likeness (QED) is 0.758. The molecule has 0 saturated carbocycles. The summed E-state index contributed by atoms with van der Waals surface area (Å²) in [6.07, 6.45) is 1.13. The van der Waals surface area contributed by atoms with E-state index in [9.17, 15) is 9.59 Å². The van der Waals surface area contributed by atoms with Crippen LogP contribution < -0.4 is 5.32 Å². The molecule has 0 aliphatic heterocycles. The molecule has 0 rings (SSSR count). The lowest BCUT2D eigenvalue weighted by Gasteiger charge is -2.20. The van der Waals surface area contributed by atoms with Gasteiger partial charge in [-0.1, -0.05) is 34.6 Å². The second kappa shape index (κ2) is 5.87. The van der Waals surface area contributed by atoms with Crippen molar-refractivity contribution in [2.45, 2.75) is 53.5 Å². The summed E-state index contributed by atoms with van der Waals surface area (Å²) in [7, 11) is 0. The van der Waals surface area contributed by atoms with Crippen LogP contribution in [0.3, 0.4) is 0 Å². The highest BCUT2D eigenvalue weighted by Gasteiger charge is 2.23. The van der Waals surface area contributed by atoms with Crippen LogP contribution in [-0.4, -0.2) is 23.0 Å². The Morgan fingerprint density at radius 3 is 2.06 bits per heavy atom. The lowest BCUT2D eigenvalue weighted by molar-refractivity contribution is -0.143. The zero-order chi connectivity index (χ0) is 12.9. The predicted octanol–water partition coefficient (Wildman–Crippen LogP) is 2.04. The standard InChI is InChI=1S/C12H23NO3/c1-8(2)10(11(15)16)13-9(14)6-7-12(3,4)5/h8,10H,6-7H2,1-5H3,(H,13,14)(H,15,16)/t10-/m1/s1. The van der Waals surface area contributed by atoms with Crippen LogP contribution in [0.4, 0.5) is 0 Å². The van der Waals surface area contributed by atoms with Gasteiger partial charge in [0.25, 0.3) is 0 Å². The summed E-state index contributed by atoms with van der Waals surface area (Å²) in [6, 6.07) is -0.785. The molecular formula is C12H23NO3. The minimum atomic E-state index is -0.973. The van der Waals surface area contributed by atoms with Crippen molar-refractivity contribution in [3.8, 4) is 0 Å². The molecule has 0 aromatic rings. The predicted molar refractivity (Wildman–Crippen MR) is 63.1 cm³/mol. The molecule has 0 aliphatic rings. The molecule has 2 N–H and O–H groups in total. The zero-order valence-corrected chi connectivity index (χ0v) is 10.8. The van der Waals surface area contributed by atoms with Gasteiger partial charge in [-0.15, -0.1) is 0 Å². The van der Waals surface area contributed by atoms with Crippen LogP contribution in [0.1, 0.15) is 47.5 Å². The molecule has 0 spiro atoms. The topological polar surface area (TPSA) is 66.4 Å². The van der Waals surface area contributed by atoms with Crippen LogP contribution in [0.15, 0.2) is 0 Å². The molecule has 0 aromatic carbocycles. The summed E-state index contributed by atoms with van der Waals surface area (Å²) < 4.78 is 0. The van der Waals surface area contributed by atoms with Gasteiger partial charge >= 0.3 is 5.97 Å². The number of nitrogens with one attached hydrogen (secondary N) is 1. The fourth-order valence-electron chi connectivity index (χ4n) is 1.25. The van der Waals surface area contributed by atoms with Gasteiger partial charge in [-0.05, 0) is 17.8 Å². The minimum absolute atomic E-state index is 0.0912. The molecule has 0 saturated heterocycles. The van der Waals surface area contributed by atoms with Gasteiger partial charge in [0.2, 0.25) is 5.91 Å². The van der Waals surface area contributed by atoms with Gasteiger partial charge in [0.1, 0.15) is 6.04 Å². The molecule has 0 fully saturated rings. The fourth-order valence-corrected chi connectivity index (χ4v) is 1.25. The average Bonchev–Trinajstić information content (AvgIpc) is 2.08. The summed E-state index contributed by atoms with van der Waals surface area (Å²) in [6.45, 7) is 9.72. The Labute approximate surface area is 97.4 Å². The minimum Gasteiger partial charge on any atom is -0.480 e. The van der Waals surface area contributed by atoms with Crippen molar-refractivity contribution < 1.29 is 14.7 Å². The molecule has 0 heterocycles. The first kappa shape index (κ1) is 14.9. The molecule has 94 valence electrons. The van der Waals surface area contributed by atoms with Crippen molar-refractivity contribution in [2.75, 3.05) is 0 Å². The monoisotopic (exact) mass is 229 g/mol. The van der Waals surface area contributed by atoms with E-state index in [0.29, 0.717) is 6.42 Å². The van der Waals surface area contributed by atoms with Crippen LogP contribution in [0.5, 0.6) is 0 Å². The summed E-state index contributed by atoms with van der Waals surface area (Å²) in [5, 5.41) is 11.5. The number of aliphatic carboxylic acids is 1. The molecule has 1 amide bonds. The number of carboxylic acids is 1. The molecule has 4 nitrogen and oxygen atoms in total. The highest BCUT2D eigenvalue weighted by atomic mass is 16.4. The van der Waals surface area contributed by atoms with E-state index in [0.717, 1.165) is 6.42 Å². The third-order valence-electron chi connectivity index (χ3n) is 2.35. The largest absolute Gasteiger partial charge is 0.480 e. The summed E-state index contributed by atoms with van der Waals surface area (Å²) in [5.74, 6) is -1.26. The molecular weight excluding hydrogens is 206 g/mol. The van der Waals surface area contributed by atoms with E-state index in [1.54, 1.807) is 13.8 Å². The van der Waals surface area contributed by atoms with E-state index in [2.05, 4.69) is 26.1 Å². The normalized spacial score (nSPS) is 13.6. The second-order valence-electron chi connectivity index (χ2n) is 5.69. The van der Waals surface area contributed by atoms with E-state index in [-0.39, 0.29) is 17.2 Å². The molecule has 4 heteroatoms. The first-order valence-electron chi connectivity index (χ1n) is 5.65. The van der Waals surface area contributed by atoms with Gasteiger partial charge in [-0.2, -0.15) is 0 Å². The number of hydrogen-bond donors (Lipinski definition) is 2. The first-order chi connectivity index (χ1) is 7.13. The van der Waals surface area contributed by atoms with Crippen LogP contribution in [0.2, 0.25) is 0 Å². The van der Waals surface area contributed by atoms with Gasteiger partial charge in [0.05, 0.1) is 0 Å². The molecule has 0 radical (unpaired) electrons. The summed E-state index contributed by atoms with van der Waals surface area (Å²) >= 11 is 0. The van der Waals surface area contributed by atoms with Crippen LogP contribution in [0, 0.1) is 11.3 Å². The fraction of sp³-hybridized carbons (Fsp3) is 0.833. The Hall–Kier alpha value is -1.06. The molecule has 0 aromatic heterocycles. The van der Waals surface area contributed by atoms with Crippen molar-refractivity contribution in [1.82, 2.24) is 5.32 Å². The third kappa shape index (κ3) is 6.43. The average molecular weight is 229 g/mol. The van der Waals surface area contributed by atoms with E-state index < -0.39 is 12.0 Å². The Morgan fingerprint density at radius 1 is 1.25 bits per heavy atom. The number of carboxylic acid groups (broad SMARTS) is 1. The Balaban J connectivity index is 4.17. The smallest absolute Gasteiger partial charge is 0.326 e. The van der Waals surface area contributed by atoms with Gasteiger partial charge < -0.3 is 10.4 Å². The van der Waals surface area contributed by atoms with Gasteiger partial charge in [0.15, 0.2) is 0 Å². The molecule has 0 bridgehead atoms. The van der Waals surface area contributed by atoms with E-state index >= 15 is 0 Å². The van der Waals surface area contributed by atoms with Crippen LogP contribution >= 0.6 is 0 Å². The Kier molecular flexibility index (Phi) is 5.48. The van der Waals surface area contributed by atoms with Crippen molar-refractivity contribution in [3.05, 3.63) is 0 Å². The first-order valence-corrected chi connectivity index (χ1v) is 5.65. The molecule has 0 aliphatic carbocycles. The highest BCUT2D eigenvalue weighted by Crippen LogP contribution is 2.20. The maximum atomic E-state index is 11.5. The SMILES string of the molecule is CC(C)[C@@H](NC(=O)CCC(C)(C)C)C(=O)O. The van der Waals surface area contributed by atoms with Crippen LogP contribution in [-0.2, 0) is 9.59 Å². The number of carbonyl (C=O) groups is 2. The zero-order valence-electron chi connectivity index (χ0n) is 10.8. The van der Waals surface area contributed by atoms with E-state index in [1.165, 1.54) is 0 Å². The Bertz CT molecular complexity index is 253. The van der Waals surface area contributed by atoms with Crippen molar-refractivity contribution in [3.63, 3.8) is 0 Å². The lowest BCUT2D eigenvalue weighted by Crippen LogP contribution is -2.44. The van der Waals surface area contributed by atoms with E-state index in [1.807, 2.05) is 0 Å². The molecule has 1 atom stereocenters. The van der Waals surface area contributed by atoms with Gasteiger partial charge in [-0.3, -0.25) is 4.79 Å².